The molecule has 2 nitrogen and oxygen atoms in total. The van der Waals surface area contributed by atoms with Crippen LogP contribution in [0.5, 0.6) is 0 Å². The Kier molecular flexibility index (Phi) is 3.47. The molecule has 0 saturated heterocycles. The van der Waals surface area contributed by atoms with Crippen LogP contribution in [0.2, 0.25) is 0 Å². The van der Waals surface area contributed by atoms with E-state index >= 15 is 0 Å². The van der Waals surface area contributed by atoms with E-state index in [1.165, 1.54) is 12.8 Å². The summed E-state index contributed by atoms with van der Waals surface area (Å²) in [6.45, 7) is 4.46. The highest BCUT2D eigenvalue weighted by Crippen LogP contribution is 2.41. The van der Waals surface area contributed by atoms with E-state index in [4.69, 9.17) is 4.42 Å². The molecule has 1 aliphatic carbocycles. The molecule has 0 radical (unpaired) electrons. The summed E-state index contributed by atoms with van der Waals surface area (Å²) >= 11 is 0. The molecule has 1 fully saturated rings. The van der Waals surface area contributed by atoms with E-state index < -0.39 is 0 Å². The summed E-state index contributed by atoms with van der Waals surface area (Å²) in [5, 5.41) is 0. The molecule has 88 valence electrons. The molecule has 2 rings (SSSR count). The van der Waals surface area contributed by atoms with Gasteiger partial charge in [-0.25, -0.2) is 0 Å². The Morgan fingerprint density at radius 2 is 1.94 bits per heavy atom. The Morgan fingerprint density at radius 3 is 2.38 bits per heavy atom. The van der Waals surface area contributed by atoms with Crippen LogP contribution in [0.1, 0.15) is 50.1 Å². The number of hydrogen-bond donors (Lipinski definition) is 0. The van der Waals surface area contributed by atoms with E-state index in [2.05, 4.69) is 13.8 Å². The fourth-order valence-corrected chi connectivity index (χ4v) is 3.05. The summed E-state index contributed by atoms with van der Waals surface area (Å²) < 4.78 is 5.20. The molecule has 1 aromatic heterocycles. The molecule has 1 aromatic rings. The average Bonchev–Trinajstić information content (AvgIpc) is 2.96. The molecule has 0 amide bonds. The number of furan rings is 1. The van der Waals surface area contributed by atoms with Gasteiger partial charge in [-0.15, -0.1) is 0 Å². The third-order valence-electron chi connectivity index (χ3n) is 4.02. The molecular weight excluding hydrogens is 200 g/mol. The van der Waals surface area contributed by atoms with Gasteiger partial charge in [0.05, 0.1) is 6.26 Å². The largest absolute Gasteiger partial charge is 0.461 e. The van der Waals surface area contributed by atoms with E-state index in [0.717, 1.165) is 24.7 Å². The summed E-state index contributed by atoms with van der Waals surface area (Å²) in [4.78, 5) is 12.1. The standard InChI is InChI=1S/C14H20O2/c1-3-10-8-12(9-11(10)4-2)14(15)13-6-5-7-16-13/h5-7,10-12H,3-4,8-9H2,1-2H3. The van der Waals surface area contributed by atoms with Crippen LogP contribution in [0.4, 0.5) is 0 Å². The molecule has 1 aliphatic rings. The van der Waals surface area contributed by atoms with Gasteiger partial charge < -0.3 is 4.42 Å². The molecule has 0 bridgehead atoms. The highest BCUT2D eigenvalue weighted by Gasteiger charge is 2.36. The van der Waals surface area contributed by atoms with Crippen LogP contribution in [0.3, 0.4) is 0 Å². The molecule has 2 atom stereocenters. The van der Waals surface area contributed by atoms with Gasteiger partial charge in [0.1, 0.15) is 0 Å². The molecular formula is C14H20O2. The van der Waals surface area contributed by atoms with Crippen molar-refractivity contribution in [3.63, 3.8) is 0 Å². The zero-order valence-corrected chi connectivity index (χ0v) is 10.1. The topological polar surface area (TPSA) is 30.2 Å². The Hall–Kier alpha value is -1.05. The van der Waals surface area contributed by atoms with E-state index in [-0.39, 0.29) is 11.7 Å². The van der Waals surface area contributed by atoms with Gasteiger partial charge in [-0.05, 0) is 36.8 Å². The van der Waals surface area contributed by atoms with Crippen LogP contribution in [-0.2, 0) is 0 Å². The number of Topliss-reactive ketones (excluding diaryl/α,β-unsaturated/α-hetero) is 1. The van der Waals surface area contributed by atoms with E-state index in [0.29, 0.717) is 5.76 Å². The summed E-state index contributed by atoms with van der Waals surface area (Å²) in [7, 11) is 0. The summed E-state index contributed by atoms with van der Waals surface area (Å²) in [6, 6.07) is 3.57. The maximum atomic E-state index is 12.1. The predicted molar refractivity (Wildman–Crippen MR) is 63.3 cm³/mol. The molecule has 1 heterocycles. The first-order valence-corrected chi connectivity index (χ1v) is 6.34. The molecule has 0 aliphatic heterocycles. The van der Waals surface area contributed by atoms with Gasteiger partial charge >= 0.3 is 0 Å². The van der Waals surface area contributed by atoms with Crippen molar-refractivity contribution < 1.29 is 9.21 Å². The Labute approximate surface area is 97.0 Å². The van der Waals surface area contributed by atoms with Gasteiger partial charge in [-0.1, -0.05) is 26.7 Å². The second-order valence-corrected chi connectivity index (χ2v) is 4.85. The van der Waals surface area contributed by atoms with Gasteiger partial charge in [-0.3, -0.25) is 4.79 Å². The van der Waals surface area contributed by atoms with Gasteiger partial charge in [0, 0.05) is 5.92 Å². The fraction of sp³-hybridized carbons (Fsp3) is 0.643. The van der Waals surface area contributed by atoms with Crippen LogP contribution in [0, 0.1) is 17.8 Å². The lowest BCUT2D eigenvalue weighted by molar-refractivity contribution is 0.0890. The monoisotopic (exact) mass is 220 g/mol. The normalized spacial score (nSPS) is 29.5. The minimum atomic E-state index is 0.195. The first kappa shape index (κ1) is 11.4. The third kappa shape index (κ3) is 2.06. The van der Waals surface area contributed by atoms with Crippen molar-refractivity contribution in [2.75, 3.05) is 0 Å². The lowest BCUT2D eigenvalue weighted by Gasteiger charge is -2.14. The van der Waals surface area contributed by atoms with Crippen molar-refractivity contribution in [3.05, 3.63) is 24.2 Å². The van der Waals surface area contributed by atoms with Crippen molar-refractivity contribution in [1.29, 1.82) is 0 Å². The van der Waals surface area contributed by atoms with Crippen molar-refractivity contribution in [3.8, 4) is 0 Å². The van der Waals surface area contributed by atoms with Crippen molar-refractivity contribution in [2.24, 2.45) is 17.8 Å². The number of carbonyl (C=O) groups is 1. The SMILES string of the molecule is CCC1CC(C(=O)c2ccco2)CC1CC. The molecule has 1 saturated carbocycles. The first-order chi connectivity index (χ1) is 7.76. The quantitative estimate of drug-likeness (QED) is 0.720. The van der Waals surface area contributed by atoms with Crippen molar-refractivity contribution in [1.82, 2.24) is 0 Å². The fourth-order valence-electron chi connectivity index (χ4n) is 3.05. The van der Waals surface area contributed by atoms with Crippen LogP contribution in [0.15, 0.2) is 22.8 Å². The molecule has 2 unspecified atom stereocenters. The van der Waals surface area contributed by atoms with Crippen LogP contribution in [0.25, 0.3) is 0 Å². The molecule has 16 heavy (non-hydrogen) atoms. The van der Waals surface area contributed by atoms with E-state index in [1.54, 1.807) is 18.4 Å². The van der Waals surface area contributed by atoms with Gasteiger partial charge in [0.15, 0.2) is 5.76 Å². The number of carbonyl (C=O) groups excluding carboxylic acids is 1. The Balaban J connectivity index is 2.05. The van der Waals surface area contributed by atoms with Gasteiger partial charge in [0.25, 0.3) is 0 Å². The Bertz CT molecular complexity index is 328. The molecule has 0 spiro atoms. The van der Waals surface area contributed by atoms with Crippen molar-refractivity contribution >= 4 is 5.78 Å². The summed E-state index contributed by atoms with van der Waals surface area (Å²) in [5.74, 6) is 2.40. The van der Waals surface area contributed by atoms with Crippen LogP contribution in [-0.4, -0.2) is 5.78 Å². The maximum absolute atomic E-state index is 12.1. The zero-order valence-electron chi connectivity index (χ0n) is 10.1. The maximum Gasteiger partial charge on any atom is 0.201 e. The van der Waals surface area contributed by atoms with E-state index in [9.17, 15) is 4.79 Å². The lowest BCUT2D eigenvalue weighted by Crippen LogP contribution is -2.10. The number of hydrogen-bond acceptors (Lipinski definition) is 2. The summed E-state index contributed by atoms with van der Waals surface area (Å²) in [5.41, 5.74) is 0. The van der Waals surface area contributed by atoms with Gasteiger partial charge in [-0.2, -0.15) is 0 Å². The second-order valence-electron chi connectivity index (χ2n) is 4.85. The smallest absolute Gasteiger partial charge is 0.201 e. The average molecular weight is 220 g/mol. The highest BCUT2D eigenvalue weighted by atomic mass is 16.3. The van der Waals surface area contributed by atoms with Crippen LogP contribution < -0.4 is 0 Å². The predicted octanol–water partition coefficient (Wildman–Crippen LogP) is 3.92. The third-order valence-corrected chi connectivity index (χ3v) is 4.02. The van der Waals surface area contributed by atoms with E-state index in [1.807, 2.05) is 0 Å². The van der Waals surface area contributed by atoms with Crippen LogP contribution >= 0.6 is 0 Å². The Morgan fingerprint density at radius 1 is 1.31 bits per heavy atom. The molecule has 0 aromatic carbocycles. The number of rotatable bonds is 4. The molecule has 2 heteroatoms. The first-order valence-electron chi connectivity index (χ1n) is 6.34. The minimum Gasteiger partial charge on any atom is -0.461 e. The lowest BCUT2D eigenvalue weighted by atomic mass is 9.92. The zero-order chi connectivity index (χ0) is 11.5. The second kappa shape index (κ2) is 4.86. The highest BCUT2D eigenvalue weighted by molar-refractivity contribution is 5.95. The number of ketones is 1. The van der Waals surface area contributed by atoms with Gasteiger partial charge in [0.2, 0.25) is 5.78 Å². The molecule has 0 N–H and O–H groups in total. The van der Waals surface area contributed by atoms with Crippen molar-refractivity contribution in [2.45, 2.75) is 39.5 Å². The summed E-state index contributed by atoms with van der Waals surface area (Å²) in [6.07, 6.45) is 6.07. The minimum absolute atomic E-state index is 0.195.